The van der Waals surface area contributed by atoms with Crippen LogP contribution in [-0.2, 0) is 9.53 Å². The van der Waals surface area contributed by atoms with Crippen molar-refractivity contribution < 1.29 is 18.8 Å². The Bertz CT molecular complexity index is 682. The molecule has 1 saturated carbocycles. The molecule has 0 aromatic carbocycles. The van der Waals surface area contributed by atoms with E-state index in [1.54, 1.807) is 13.8 Å². The molecule has 1 aromatic rings. The average molecular weight is 361 g/mol. The molecule has 26 heavy (non-hydrogen) atoms. The van der Waals surface area contributed by atoms with Gasteiger partial charge in [0.05, 0.1) is 11.3 Å². The largest absolute Gasteiger partial charge is 0.375 e. The first-order chi connectivity index (χ1) is 12.5. The number of hydrogen-bond donors (Lipinski definition) is 1. The summed E-state index contributed by atoms with van der Waals surface area (Å²) in [6.07, 6.45) is 5.38. The quantitative estimate of drug-likeness (QED) is 0.890. The van der Waals surface area contributed by atoms with Crippen LogP contribution in [-0.4, -0.2) is 53.2 Å². The highest BCUT2D eigenvalue weighted by molar-refractivity contribution is 5.96. The molecule has 1 aromatic heterocycles. The van der Waals surface area contributed by atoms with E-state index in [2.05, 4.69) is 10.5 Å². The van der Waals surface area contributed by atoms with E-state index in [-0.39, 0.29) is 29.4 Å². The van der Waals surface area contributed by atoms with Crippen molar-refractivity contribution in [3.05, 3.63) is 17.0 Å². The molecule has 0 bridgehead atoms. The molecule has 2 amide bonds. The lowest BCUT2D eigenvalue weighted by Crippen LogP contribution is -2.54. The van der Waals surface area contributed by atoms with Gasteiger partial charge < -0.3 is 19.5 Å². The van der Waals surface area contributed by atoms with E-state index in [4.69, 9.17) is 9.26 Å². The molecule has 0 radical (unpaired) electrons. The monoisotopic (exact) mass is 361 g/mol. The zero-order chi connectivity index (χ0) is 18.3. The van der Waals surface area contributed by atoms with Crippen LogP contribution in [0.5, 0.6) is 0 Å². The number of ether oxygens (including phenoxy) is 1. The highest BCUT2D eigenvalue weighted by Crippen LogP contribution is 2.36. The van der Waals surface area contributed by atoms with Crippen LogP contribution in [0.2, 0.25) is 0 Å². The van der Waals surface area contributed by atoms with Gasteiger partial charge >= 0.3 is 0 Å². The average Bonchev–Trinajstić information content (AvgIpc) is 3.41. The van der Waals surface area contributed by atoms with E-state index < -0.39 is 0 Å². The van der Waals surface area contributed by atoms with Gasteiger partial charge in [0.1, 0.15) is 11.3 Å². The summed E-state index contributed by atoms with van der Waals surface area (Å²) in [6, 6.07) is 0.196. The van der Waals surface area contributed by atoms with Gasteiger partial charge in [0.2, 0.25) is 5.91 Å². The highest BCUT2D eigenvalue weighted by Gasteiger charge is 2.43. The summed E-state index contributed by atoms with van der Waals surface area (Å²) in [6.45, 7) is 5.56. The summed E-state index contributed by atoms with van der Waals surface area (Å²) >= 11 is 0. The molecular formula is C19H27N3O4. The fourth-order valence-corrected chi connectivity index (χ4v) is 4.23. The summed E-state index contributed by atoms with van der Waals surface area (Å²) in [5.41, 5.74) is 1.01. The van der Waals surface area contributed by atoms with Crippen molar-refractivity contribution in [2.24, 2.45) is 5.92 Å². The lowest BCUT2D eigenvalue weighted by Gasteiger charge is -2.46. The molecule has 3 fully saturated rings. The molecule has 3 aliphatic rings. The molecule has 0 unspecified atom stereocenters. The summed E-state index contributed by atoms with van der Waals surface area (Å²) < 4.78 is 11.3. The normalized spacial score (nSPS) is 25.3. The number of piperidine rings is 1. The second kappa shape index (κ2) is 6.68. The van der Waals surface area contributed by atoms with Crippen LogP contribution in [0.1, 0.15) is 60.3 Å². The maximum Gasteiger partial charge on any atom is 0.259 e. The Morgan fingerprint density at radius 2 is 1.92 bits per heavy atom. The predicted molar refractivity (Wildman–Crippen MR) is 93.7 cm³/mol. The van der Waals surface area contributed by atoms with Gasteiger partial charge in [0, 0.05) is 31.7 Å². The lowest BCUT2D eigenvalue weighted by molar-refractivity contribution is -0.131. The Morgan fingerprint density at radius 1 is 1.19 bits per heavy atom. The molecular weight excluding hydrogens is 334 g/mol. The minimum atomic E-state index is -0.213. The zero-order valence-corrected chi connectivity index (χ0v) is 15.5. The smallest absolute Gasteiger partial charge is 0.259 e. The molecule has 1 aliphatic carbocycles. The summed E-state index contributed by atoms with van der Waals surface area (Å²) in [4.78, 5) is 26.7. The first kappa shape index (κ1) is 17.5. The van der Waals surface area contributed by atoms with Crippen molar-refractivity contribution in [3.63, 3.8) is 0 Å². The van der Waals surface area contributed by atoms with Gasteiger partial charge in [-0.05, 0) is 52.4 Å². The minimum Gasteiger partial charge on any atom is -0.375 e. The van der Waals surface area contributed by atoms with Gasteiger partial charge in [0.25, 0.3) is 5.91 Å². The van der Waals surface area contributed by atoms with E-state index in [0.717, 1.165) is 38.5 Å². The predicted octanol–water partition coefficient (Wildman–Crippen LogP) is 1.97. The third kappa shape index (κ3) is 3.37. The third-order valence-electron chi connectivity index (χ3n) is 6.00. The van der Waals surface area contributed by atoms with Crippen molar-refractivity contribution in [3.8, 4) is 0 Å². The molecule has 142 valence electrons. The summed E-state index contributed by atoms with van der Waals surface area (Å²) in [7, 11) is 0. The van der Waals surface area contributed by atoms with Crippen LogP contribution < -0.4 is 5.32 Å². The van der Waals surface area contributed by atoms with E-state index in [9.17, 15) is 9.59 Å². The van der Waals surface area contributed by atoms with E-state index in [1.807, 2.05) is 4.90 Å². The van der Waals surface area contributed by atoms with Gasteiger partial charge in [0.15, 0.2) is 0 Å². The number of aromatic nitrogens is 1. The molecule has 1 atom stereocenters. The molecule has 7 heteroatoms. The van der Waals surface area contributed by atoms with E-state index in [0.29, 0.717) is 36.7 Å². The second-order valence-corrected chi connectivity index (χ2v) is 8.00. The van der Waals surface area contributed by atoms with E-state index in [1.165, 1.54) is 0 Å². The van der Waals surface area contributed by atoms with Crippen LogP contribution >= 0.6 is 0 Å². The van der Waals surface area contributed by atoms with Gasteiger partial charge in [-0.1, -0.05) is 5.16 Å². The second-order valence-electron chi connectivity index (χ2n) is 8.00. The maximum atomic E-state index is 12.8. The minimum absolute atomic E-state index is 0.00880. The Kier molecular flexibility index (Phi) is 4.50. The van der Waals surface area contributed by atoms with Crippen LogP contribution in [0.4, 0.5) is 0 Å². The SMILES string of the molecule is Cc1noc(C)c1C(=O)N1CCC2(CC1)C[C@@H](NC(=O)C1CC1)CCO2. The van der Waals surface area contributed by atoms with Gasteiger partial charge in [-0.25, -0.2) is 0 Å². The molecule has 3 heterocycles. The van der Waals surface area contributed by atoms with Crippen LogP contribution in [0.25, 0.3) is 0 Å². The van der Waals surface area contributed by atoms with E-state index >= 15 is 0 Å². The Hall–Kier alpha value is -1.89. The van der Waals surface area contributed by atoms with Crippen LogP contribution in [0, 0.1) is 19.8 Å². The number of nitrogens with zero attached hydrogens (tertiary/aromatic N) is 2. The standard InChI is InChI=1S/C19H27N3O4/c1-12-16(13(2)26-21-12)18(24)22-8-6-19(7-9-22)11-15(5-10-25-19)20-17(23)14-3-4-14/h14-15H,3-11H2,1-2H3,(H,20,23)/t15-/m0/s1. The number of carbonyl (C=O) groups is 2. The third-order valence-corrected chi connectivity index (χ3v) is 6.00. The Balaban J connectivity index is 1.36. The number of aryl methyl sites for hydroxylation is 2. The number of hydrogen-bond acceptors (Lipinski definition) is 5. The number of likely N-dealkylation sites (tertiary alicyclic amines) is 1. The first-order valence-electron chi connectivity index (χ1n) is 9.64. The summed E-state index contributed by atoms with van der Waals surface area (Å²) in [5.74, 6) is 1.01. The molecule has 1 N–H and O–H groups in total. The van der Waals surface area contributed by atoms with Crippen molar-refractivity contribution in [1.82, 2.24) is 15.4 Å². The van der Waals surface area contributed by atoms with Crippen LogP contribution in [0.3, 0.4) is 0 Å². The number of amides is 2. The number of rotatable bonds is 3. The van der Waals surface area contributed by atoms with Crippen molar-refractivity contribution in [2.45, 2.75) is 64.0 Å². The molecule has 2 aliphatic heterocycles. The van der Waals surface area contributed by atoms with Gasteiger partial charge in [-0.2, -0.15) is 0 Å². The fourth-order valence-electron chi connectivity index (χ4n) is 4.23. The number of carbonyl (C=O) groups excluding carboxylic acids is 2. The van der Waals surface area contributed by atoms with Crippen molar-refractivity contribution in [1.29, 1.82) is 0 Å². The highest BCUT2D eigenvalue weighted by atomic mass is 16.5. The Morgan fingerprint density at radius 3 is 2.54 bits per heavy atom. The van der Waals surface area contributed by atoms with Gasteiger partial charge in [-0.3, -0.25) is 9.59 Å². The van der Waals surface area contributed by atoms with Crippen LogP contribution in [0.15, 0.2) is 4.52 Å². The van der Waals surface area contributed by atoms with Crippen molar-refractivity contribution in [2.75, 3.05) is 19.7 Å². The molecule has 7 nitrogen and oxygen atoms in total. The Labute approximate surface area is 153 Å². The first-order valence-corrected chi connectivity index (χ1v) is 9.64. The topological polar surface area (TPSA) is 84.7 Å². The number of nitrogens with one attached hydrogen (secondary N) is 1. The van der Waals surface area contributed by atoms with Crippen molar-refractivity contribution >= 4 is 11.8 Å². The fraction of sp³-hybridized carbons (Fsp3) is 0.737. The van der Waals surface area contributed by atoms with Gasteiger partial charge in [-0.15, -0.1) is 0 Å². The maximum absolute atomic E-state index is 12.8. The molecule has 2 saturated heterocycles. The molecule has 4 rings (SSSR count). The molecule has 1 spiro atoms. The zero-order valence-electron chi connectivity index (χ0n) is 15.5. The summed E-state index contributed by atoms with van der Waals surface area (Å²) in [5, 5.41) is 7.09. The lowest BCUT2D eigenvalue weighted by atomic mass is 9.82.